The molecule has 0 amide bonds. The summed E-state index contributed by atoms with van der Waals surface area (Å²) >= 11 is 0. The summed E-state index contributed by atoms with van der Waals surface area (Å²) in [5.74, 6) is -0.00727. The monoisotopic (exact) mass is 561 g/mol. The van der Waals surface area contributed by atoms with Crippen LogP contribution in [0.1, 0.15) is 53.2 Å². The maximum Gasteiger partial charge on any atom is 0.356 e. The smallest absolute Gasteiger partial charge is 0.356 e. The van der Waals surface area contributed by atoms with Crippen LogP contribution in [0.15, 0.2) is 71.6 Å². The van der Waals surface area contributed by atoms with E-state index in [1.165, 1.54) is 20.3 Å². The Hall–Kier alpha value is -4.31. The quantitative estimate of drug-likeness (QED) is 0.256. The minimum Gasteiger partial charge on any atom is -0.496 e. The van der Waals surface area contributed by atoms with Crippen LogP contribution in [-0.2, 0) is 10.0 Å². The molecule has 1 fully saturated rings. The van der Waals surface area contributed by atoms with Crippen LogP contribution in [0, 0.1) is 6.92 Å². The van der Waals surface area contributed by atoms with Crippen LogP contribution in [0.4, 0.5) is 5.69 Å². The Kier molecular flexibility index (Phi) is 7.53. The van der Waals surface area contributed by atoms with Crippen molar-refractivity contribution < 1.29 is 27.8 Å². The van der Waals surface area contributed by atoms with E-state index in [-0.39, 0.29) is 16.5 Å². The lowest BCUT2D eigenvalue weighted by atomic mass is 9.95. The Labute approximate surface area is 233 Å². The van der Waals surface area contributed by atoms with Gasteiger partial charge in [-0.05, 0) is 79.8 Å². The van der Waals surface area contributed by atoms with E-state index in [9.17, 15) is 18.3 Å². The van der Waals surface area contributed by atoms with Crippen LogP contribution in [0.3, 0.4) is 0 Å². The van der Waals surface area contributed by atoms with Gasteiger partial charge in [-0.2, -0.15) is 5.10 Å². The molecular weight excluding hydrogens is 530 g/mol. The second-order valence-corrected chi connectivity index (χ2v) is 11.5. The molecule has 208 valence electrons. The van der Waals surface area contributed by atoms with E-state index in [1.54, 1.807) is 59.3 Å². The van der Waals surface area contributed by atoms with Crippen molar-refractivity contribution >= 4 is 21.7 Å². The number of nitrogens with one attached hydrogen (secondary N) is 1. The van der Waals surface area contributed by atoms with E-state index in [0.717, 1.165) is 36.8 Å². The van der Waals surface area contributed by atoms with Crippen molar-refractivity contribution in [2.45, 2.75) is 43.4 Å². The number of ether oxygens (including phenoxy) is 2. The summed E-state index contributed by atoms with van der Waals surface area (Å²) < 4.78 is 41.8. The fourth-order valence-electron chi connectivity index (χ4n) is 5.26. The third-order valence-electron chi connectivity index (χ3n) is 7.25. The van der Waals surface area contributed by atoms with Crippen LogP contribution >= 0.6 is 0 Å². The lowest BCUT2D eigenvalue weighted by molar-refractivity contribution is 0.0690. The number of hydrogen-bond acceptors (Lipinski definition) is 6. The number of benzene rings is 3. The van der Waals surface area contributed by atoms with Crippen LogP contribution in [0.2, 0.25) is 0 Å². The zero-order chi connectivity index (χ0) is 28.4. The maximum absolute atomic E-state index is 13.1. The van der Waals surface area contributed by atoms with Gasteiger partial charge in [0.15, 0.2) is 5.69 Å². The van der Waals surface area contributed by atoms with E-state index >= 15 is 0 Å². The fraction of sp³-hybridized carbons (Fsp3) is 0.267. The van der Waals surface area contributed by atoms with Crippen LogP contribution in [0.5, 0.6) is 11.5 Å². The Morgan fingerprint density at radius 1 is 0.975 bits per heavy atom. The van der Waals surface area contributed by atoms with E-state index in [0.29, 0.717) is 34.1 Å². The van der Waals surface area contributed by atoms with Gasteiger partial charge in [-0.15, -0.1) is 0 Å². The molecule has 0 atom stereocenters. The van der Waals surface area contributed by atoms with Crippen LogP contribution < -0.4 is 14.2 Å². The predicted molar refractivity (Wildman–Crippen MR) is 152 cm³/mol. The lowest BCUT2D eigenvalue weighted by Crippen LogP contribution is -2.14. The Morgan fingerprint density at radius 2 is 1.62 bits per heavy atom. The summed E-state index contributed by atoms with van der Waals surface area (Å²) in [4.78, 5) is 12.2. The van der Waals surface area contributed by atoms with Gasteiger partial charge in [0.05, 0.1) is 36.1 Å². The van der Waals surface area contributed by atoms with Crippen molar-refractivity contribution in [2.75, 3.05) is 18.9 Å². The van der Waals surface area contributed by atoms with E-state index < -0.39 is 16.0 Å². The van der Waals surface area contributed by atoms with E-state index in [1.807, 2.05) is 13.0 Å². The number of rotatable bonds is 9. The van der Waals surface area contributed by atoms with Gasteiger partial charge >= 0.3 is 5.97 Å². The summed E-state index contributed by atoms with van der Waals surface area (Å²) in [7, 11) is -0.732. The highest BCUT2D eigenvalue weighted by Crippen LogP contribution is 2.43. The van der Waals surface area contributed by atoms with Gasteiger partial charge in [0.25, 0.3) is 10.0 Å². The first-order valence-corrected chi connectivity index (χ1v) is 14.5. The number of sulfonamides is 1. The topological polar surface area (TPSA) is 120 Å². The summed E-state index contributed by atoms with van der Waals surface area (Å²) in [6.07, 6.45) is 3.97. The summed E-state index contributed by atoms with van der Waals surface area (Å²) in [5.41, 5.74) is 3.86. The zero-order valence-corrected chi connectivity index (χ0v) is 23.4. The molecule has 0 saturated heterocycles. The zero-order valence-electron chi connectivity index (χ0n) is 22.5. The molecular formula is C30H31N3O6S. The first kappa shape index (κ1) is 27.3. The van der Waals surface area contributed by atoms with Crippen LogP contribution in [-0.4, -0.2) is 43.5 Å². The van der Waals surface area contributed by atoms with E-state index in [2.05, 4.69) is 9.82 Å². The summed E-state index contributed by atoms with van der Waals surface area (Å²) in [6.45, 7) is 1.90. The van der Waals surface area contributed by atoms with Crippen molar-refractivity contribution in [1.82, 2.24) is 9.78 Å². The number of methoxy groups -OCH3 is 2. The first-order valence-electron chi connectivity index (χ1n) is 13.0. The second kappa shape index (κ2) is 11.1. The molecule has 1 aliphatic rings. The molecule has 9 nitrogen and oxygen atoms in total. The number of carbonyl (C=O) groups is 1. The maximum atomic E-state index is 13.1. The summed E-state index contributed by atoms with van der Waals surface area (Å²) in [6, 6.07) is 18.8. The minimum absolute atomic E-state index is 0.135. The molecule has 0 aliphatic heterocycles. The molecule has 0 bridgehead atoms. The molecule has 0 radical (unpaired) electrons. The molecule has 5 rings (SSSR count). The second-order valence-electron chi connectivity index (χ2n) is 9.84. The SMILES string of the molecule is COc1cccc(OC)c1-c1cc(C(=O)O)nn1-c1ccc(NS(=O)(=O)c2ccc(C)cc2)cc1C1CCCC1. The lowest BCUT2D eigenvalue weighted by Gasteiger charge is -2.20. The van der Waals surface area contributed by atoms with Gasteiger partial charge < -0.3 is 14.6 Å². The minimum atomic E-state index is -3.81. The van der Waals surface area contributed by atoms with Gasteiger partial charge in [0.2, 0.25) is 0 Å². The molecule has 1 saturated carbocycles. The molecule has 0 unspecified atom stereocenters. The van der Waals surface area contributed by atoms with Gasteiger partial charge in [0, 0.05) is 5.69 Å². The highest BCUT2D eigenvalue weighted by molar-refractivity contribution is 7.92. The number of nitrogens with zero attached hydrogens (tertiary/aromatic N) is 2. The molecule has 40 heavy (non-hydrogen) atoms. The Balaban J connectivity index is 1.66. The molecule has 1 aliphatic carbocycles. The Morgan fingerprint density at radius 3 is 2.23 bits per heavy atom. The number of carboxylic acids is 1. The van der Waals surface area contributed by atoms with Crippen molar-refractivity contribution in [3.63, 3.8) is 0 Å². The normalized spacial score (nSPS) is 13.8. The van der Waals surface area contributed by atoms with Crippen LogP contribution in [0.25, 0.3) is 16.9 Å². The largest absolute Gasteiger partial charge is 0.496 e. The first-order chi connectivity index (χ1) is 19.2. The third kappa shape index (κ3) is 5.27. The number of aryl methyl sites for hydroxylation is 1. The van der Waals surface area contributed by atoms with Crippen molar-refractivity contribution in [3.05, 3.63) is 83.6 Å². The molecule has 3 aromatic carbocycles. The summed E-state index contributed by atoms with van der Waals surface area (Å²) in [5, 5.41) is 14.3. The molecule has 0 spiro atoms. The fourth-order valence-corrected chi connectivity index (χ4v) is 6.31. The number of anilines is 1. The number of aromatic carboxylic acids is 1. The number of hydrogen-bond donors (Lipinski definition) is 2. The average Bonchev–Trinajstić information content (AvgIpc) is 3.63. The molecule has 10 heteroatoms. The molecule has 1 heterocycles. The molecule has 2 N–H and O–H groups in total. The van der Waals surface area contributed by atoms with Crippen molar-refractivity contribution in [3.8, 4) is 28.4 Å². The van der Waals surface area contributed by atoms with Crippen molar-refractivity contribution in [2.24, 2.45) is 0 Å². The highest BCUT2D eigenvalue weighted by atomic mass is 32.2. The van der Waals surface area contributed by atoms with Gasteiger partial charge in [0.1, 0.15) is 11.5 Å². The Bertz CT molecular complexity index is 1630. The molecule has 4 aromatic rings. The predicted octanol–water partition coefficient (Wildman–Crippen LogP) is 6.02. The number of carboxylic acid groups (broad SMARTS) is 1. The van der Waals surface area contributed by atoms with Gasteiger partial charge in [-0.3, -0.25) is 4.72 Å². The number of aromatic nitrogens is 2. The van der Waals surface area contributed by atoms with Crippen molar-refractivity contribution in [1.29, 1.82) is 0 Å². The average molecular weight is 562 g/mol. The highest BCUT2D eigenvalue weighted by Gasteiger charge is 2.27. The third-order valence-corrected chi connectivity index (χ3v) is 8.64. The standard InChI is InChI=1S/C30H31N3O6S/c1-19-11-14-22(15-12-19)40(36,37)32-21-13-16-25(23(17-21)20-7-4-5-8-20)33-26(18-24(31-33)30(34)35)29-27(38-2)9-6-10-28(29)39-3/h6,9-18,20,32H,4-5,7-8H2,1-3H3,(H,34,35). The van der Waals surface area contributed by atoms with Gasteiger partial charge in [-0.25, -0.2) is 17.9 Å². The molecule has 1 aromatic heterocycles. The van der Waals surface area contributed by atoms with E-state index in [4.69, 9.17) is 9.47 Å². The van der Waals surface area contributed by atoms with Gasteiger partial charge in [-0.1, -0.05) is 36.6 Å².